The van der Waals surface area contributed by atoms with Gasteiger partial charge in [-0.25, -0.2) is 9.18 Å². The maximum absolute atomic E-state index is 14.0. The Kier molecular flexibility index (Phi) is 7.73. The van der Waals surface area contributed by atoms with Crippen molar-refractivity contribution in [1.29, 1.82) is 0 Å². The Bertz CT molecular complexity index is 904. The van der Waals surface area contributed by atoms with Crippen LogP contribution in [-0.2, 0) is 16.0 Å². The smallest absolute Gasteiger partial charge is 0.376 e. The van der Waals surface area contributed by atoms with Crippen molar-refractivity contribution < 1.29 is 31.9 Å². The van der Waals surface area contributed by atoms with Gasteiger partial charge in [0.2, 0.25) is 11.8 Å². The van der Waals surface area contributed by atoms with Crippen LogP contribution in [0.3, 0.4) is 0 Å². The first kappa shape index (κ1) is 22.7. The van der Waals surface area contributed by atoms with Crippen LogP contribution < -0.4 is 21.3 Å². The number of halogens is 4. The molecule has 0 aliphatic heterocycles. The van der Waals surface area contributed by atoms with E-state index in [1.807, 2.05) is 0 Å². The molecule has 7 nitrogen and oxygen atoms in total. The van der Waals surface area contributed by atoms with Crippen LogP contribution in [0.2, 0.25) is 0 Å². The number of amides is 4. The summed E-state index contributed by atoms with van der Waals surface area (Å²) >= 11 is 0. The zero-order valence-electron chi connectivity index (χ0n) is 15.5. The van der Waals surface area contributed by atoms with Gasteiger partial charge in [0.05, 0.1) is 18.7 Å². The van der Waals surface area contributed by atoms with Crippen molar-refractivity contribution in [1.82, 2.24) is 10.6 Å². The van der Waals surface area contributed by atoms with Crippen LogP contribution >= 0.6 is 0 Å². The van der Waals surface area contributed by atoms with Gasteiger partial charge >= 0.3 is 12.2 Å². The number of carbonyl (C=O) groups excluding carboxylic acids is 3. The lowest BCUT2D eigenvalue weighted by Crippen LogP contribution is -2.45. The molecule has 30 heavy (non-hydrogen) atoms. The van der Waals surface area contributed by atoms with E-state index in [9.17, 15) is 31.9 Å². The molecule has 0 atom stereocenters. The van der Waals surface area contributed by atoms with Gasteiger partial charge in [0.15, 0.2) is 0 Å². The van der Waals surface area contributed by atoms with Gasteiger partial charge in [-0.2, -0.15) is 13.2 Å². The maximum atomic E-state index is 14.0. The fourth-order valence-electron chi connectivity index (χ4n) is 2.28. The molecule has 0 aromatic heterocycles. The normalized spacial score (nSPS) is 10.8. The summed E-state index contributed by atoms with van der Waals surface area (Å²) in [6, 6.07) is 11.1. The lowest BCUT2D eigenvalue weighted by molar-refractivity contribution is -0.124. The summed E-state index contributed by atoms with van der Waals surface area (Å²) in [5, 5.41) is 8.21. The molecule has 0 heterocycles. The number of imide groups is 1. The Labute approximate surface area is 168 Å². The Hall–Kier alpha value is -3.63. The lowest BCUT2D eigenvalue weighted by Gasteiger charge is -2.11. The minimum atomic E-state index is -4.60. The SMILES string of the molecule is O=C(CNc1ccc(F)c(NC(=O)Cc2ccccc2)c1)NC(=O)NCC(F)(F)F. The second kappa shape index (κ2) is 10.2. The number of alkyl halides is 3. The van der Waals surface area contributed by atoms with Gasteiger partial charge in [-0.3, -0.25) is 14.9 Å². The molecule has 0 bridgehead atoms. The van der Waals surface area contributed by atoms with Crippen molar-refractivity contribution in [2.75, 3.05) is 23.7 Å². The molecule has 0 saturated heterocycles. The van der Waals surface area contributed by atoms with E-state index in [1.54, 1.807) is 35.6 Å². The molecule has 0 aliphatic carbocycles. The minimum Gasteiger partial charge on any atom is -0.376 e. The molecule has 0 fully saturated rings. The van der Waals surface area contributed by atoms with E-state index >= 15 is 0 Å². The van der Waals surface area contributed by atoms with Crippen molar-refractivity contribution in [2.45, 2.75) is 12.6 Å². The van der Waals surface area contributed by atoms with E-state index in [2.05, 4.69) is 10.6 Å². The second-order valence-corrected chi connectivity index (χ2v) is 6.10. The van der Waals surface area contributed by atoms with Crippen LogP contribution in [0, 0.1) is 5.82 Å². The molecular weight excluding hydrogens is 408 g/mol. The molecule has 2 aromatic rings. The molecule has 0 saturated carbocycles. The molecule has 0 spiro atoms. The highest BCUT2D eigenvalue weighted by atomic mass is 19.4. The number of carbonyl (C=O) groups is 3. The number of benzene rings is 2. The highest BCUT2D eigenvalue weighted by molar-refractivity contribution is 5.96. The molecule has 0 radical (unpaired) electrons. The number of nitrogens with one attached hydrogen (secondary N) is 4. The predicted molar refractivity (Wildman–Crippen MR) is 101 cm³/mol. The van der Waals surface area contributed by atoms with Gasteiger partial charge in [-0.15, -0.1) is 0 Å². The Balaban J connectivity index is 1.86. The average Bonchev–Trinajstić information content (AvgIpc) is 2.67. The van der Waals surface area contributed by atoms with E-state index in [0.29, 0.717) is 0 Å². The Morgan fingerprint density at radius 3 is 2.30 bits per heavy atom. The van der Waals surface area contributed by atoms with Gasteiger partial charge in [-0.1, -0.05) is 30.3 Å². The third-order valence-electron chi connectivity index (χ3n) is 3.60. The summed E-state index contributed by atoms with van der Waals surface area (Å²) in [6.07, 6.45) is -4.57. The van der Waals surface area contributed by atoms with Crippen LogP contribution in [0.4, 0.5) is 33.7 Å². The maximum Gasteiger partial charge on any atom is 0.405 e. The first-order valence-corrected chi connectivity index (χ1v) is 8.64. The van der Waals surface area contributed by atoms with Crippen molar-refractivity contribution in [3.05, 3.63) is 59.9 Å². The molecule has 11 heteroatoms. The van der Waals surface area contributed by atoms with Gasteiger partial charge in [0.1, 0.15) is 12.4 Å². The number of hydrogen-bond acceptors (Lipinski definition) is 4. The van der Waals surface area contributed by atoms with Crippen LogP contribution in [0.15, 0.2) is 48.5 Å². The Morgan fingerprint density at radius 2 is 1.63 bits per heavy atom. The quantitative estimate of drug-likeness (QED) is 0.512. The van der Waals surface area contributed by atoms with Crippen molar-refractivity contribution >= 4 is 29.2 Å². The molecule has 0 aliphatic rings. The molecular formula is C19H18F4N4O3. The highest BCUT2D eigenvalue weighted by Gasteiger charge is 2.27. The van der Waals surface area contributed by atoms with E-state index < -0.39 is 42.9 Å². The predicted octanol–water partition coefficient (Wildman–Crippen LogP) is 2.81. The number of anilines is 2. The fraction of sp³-hybridized carbons (Fsp3) is 0.211. The average molecular weight is 426 g/mol. The third-order valence-corrected chi connectivity index (χ3v) is 3.60. The van der Waals surface area contributed by atoms with E-state index in [0.717, 1.165) is 11.6 Å². The van der Waals surface area contributed by atoms with Crippen molar-refractivity contribution in [2.24, 2.45) is 0 Å². The molecule has 2 rings (SSSR count). The second-order valence-electron chi connectivity index (χ2n) is 6.10. The number of hydrogen-bond donors (Lipinski definition) is 4. The van der Waals surface area contributed by atoms with Crippen molar-refractivity contribution in [3.8, 4) is 0 Å². The number of rotatable bonds is 7. The van der Waals surface area contributed by atoms with Crippen molar-refractivity contribution in [3.63, 3.8) is 0 Å². The van der Waals surface area contributed by atoms with Gasteiger partial charge in [-0.05, 0) is 23.8 Å². The summed E-state index contributed by atoms with van der Waals surface area (Å²) in [4.78, 5) is 34.9. The lowest BCUT2D eigenvalue weighted by atomic mass is 10.1. The van der Waals surface area contributed by atoms with Gasteiger partial charge in [0.25, 0.3) is 0 Å². The minimum absolute atomic E-state index is 0.0351. The van der Waals surface area contributed by atoms with E-state index in [4.69, 9.17) is 0 Å². The summed E-state index contributed by atoms with van der Waals surface area (Å²) in [6.45, 7) is -2.05. The fourth-order valence-corrected chi connectivity index (χ4v) is 2.28. The van der Waals surface area contributed by atoms with Crippen LogP contribution in [-0.4, -0.2) is 37.1 Å². The largest absolute Gasteiger partial charge is 0.405 e. The zero-order valence-corrected chi connectivity index (χ0v) is 15.5. The van der Waals surface area contributed by atoms with Gasteiger partial charge < -0.3 is 16.0 Å². The van der Waals surface area contributed by atoms with Crippen LogP contribution in [0.5, 0.6) is 0 Å². The first-order valence-electron chi connectivity index (χ1n) is 8.64. The summed E-state index contributed by atoms with van der Waals surface area (Å²) in [5.74, 6) is -2.05. The number of urea groups is 1. The summed E-state index contributed by atoms with van der Waals surface area (Å²) in [5.41, 5.74) is 0.867. The Morgan fingerprint density at radius 1 is 0.933 bits per heavy atom. The highest BCUT2D eigenvalue weighted by Crippen LogP contribution is 2.20. The molecule has 4 N–H and O–H groups in total. The van der Waals surface area contributed by atoms with E-state index in [-0.39, 0.29) is 17.8 Å². The zero-order chi connectivity index (χ0) is 22.1. The first-order chi connectivity index (χ1) is 14.1. The third kappa shape index (κ3) is 8.17. The molecule has 4 amide bonds. The monoisotopic (exact) mass is 426 g/mol. The van der Waals surface area contributed by atoms with Crippen LogP contribution in [0.1, 0.15) is 5.56 Å². The standard InChI is InChI=1S/C19H18F4N4O3/c20-14-7-6-13(24-10-17(29)27-18(30)25-11-19(21,22)23)9-15(14)26-16(28)8-12-4-2-1-3-5-12/h1-7,9,24H,8,10-11H2,(H,26,28)(H2,25,27,29,30). The van der Waals surface area contributed by atoms with E-state index in [1.165, 1.54) is 17.4 Å². The summed E-state index contributed by atoms with van der Waals surface area (Å²) < 4.78 is 50.0. The molecule has 160 valence electrons. The molecule has 2 aromatic carbocycles. The molecule has 0 unspecified atom stereocenters. The topological polar surface area (TPSA) is 99.3 Å². The van der Waals surface area contributed by atoms with Gasteiger partial charge in [0, 0.05) is 5.69 Å². The summed E-state index contributed by atoms with van der Waals surface area (Å²) in [7, 11) is 0. The van der Waals surface area contributed by atoms with Crippen LogP contribution in [0.25, 0.3) is 0 Å².